The normalized spacial score (nSPS) is 14.5. The lowest BCUT2D eigenvalue weighted by molar-refractivity contribution is 0.471. The molecule has 2 rings (SSSR count). The molecule has 2 atom stereocenters. The van der Waals surface area contributed by atoms with E-state index in [0.717, 1.165) is 12.1 Å². The molecule has 2 nitrogen and oxygen atoms in total. The van der Waals surface area contributed by atoms with E-state index >= 15 is 0 Å². The highest BCUT2D eigenvalue weighted by atomic mass is 32.1. The molecule has 3 heteroatoms. The zero-order valence-corrected chi connectivity index (χ0v) is 11.1. The summed E-state index contributed by atoms with van der Waals surface area (Å²) in [6, 6.07) is 11.4. The second-order valence-corrected chi connectivity index (χ2v) is 5.11. The van der Waals surface area contributed by atoms with Gasteiger partial charge in [-0.2, -0.15) is 0 Å². The molecule has 0 saturated carbocycles. The van der Waals surface area contributed by atoms with Crippen molar-refractivity contribution < 1.29 is 0 Å². The fraction of sp³-hybridized carbons (Fsp3) is 0.357. The lowest BCUT2D eigenvalue weighted by Gasteiger charge is -2.18. The van der Waals surface area contributed by atoms with Gasteiger partial charge in [0.25, 0.3) is 0 Å². The summed E-state index contributed by atoms with van der Waals surface area (Å²) >= 11 is 1.65. The second-order valence-electron chi connectivity index (χ2n) is 4.39. The number of nitrogens with one attached hydrogen (secondary N) is 1. The first-order valence-corrected chi connectivity index (χ1v) is 6.88. The van der Waals surface area contributed by atoms with Gasteiger partial charge in [0.05, 0.1) is 11.2 Å². The molecule has 0 fully saturated rings. The molecule has 1 aromatic carbocycles. The van der Waals surface area contributed by atoms with Crippen LogP contribution in [0.5, 0.6) is 0 Å². The van der Waals surface area contributed by atoms with E-state index in [4.69, 9.17) is 0 Å². The van der Waals surface area contributed by atoms with Gasteiger partial charge >= 0.3 is 0 Å². The molecule has 0 aliphatic carbocycles. The number of benzene rings is 1. The van der Waals surface area contributed by atoms with Crippen LogP contribution >= 0.6 is 11.3 Å². The quantitative estimate of drug-likeness (QED) is 0.874. The third kappa shape index (κ3) is 3.65. The Morgan fingerprint density at radius 1 is 1.24 bits per heavy atom. The molecular formula is C14H18N2S. The lowest BCUT2D eigenvalue weighted by Crippen LogP contribution is -2.30. The predicted molar refractivity (Wildman–Crippen MR) is 73.3 cm³/mol. The fourth-order valence-corrected chi connectivity index (χ4v) is 2.62. The van der Waals surface area contributed by atoms with Crippen molar-refractivity contribution in [2.75, 3.05) is 0 Å². The summed E-state index contributed by atoms with van der Waals surface area (Å²) in [4.78, 5) is 4.33. The van der Waals surface area contributed by atoms with Gasteiger partial charge in [-0.25, -0.2) is 4.98 Å². The van der Waals surface area contributed by atoms with Crippen LogP contribution in [0.1, 0.15) is 31.1 Å². The Labute approximate surface area is 107 Å². The summed E-state index contributed by atoms with van der Waals surface area (Å²) in [6.45, 7) is 4.38. The molecule has 0 bridgehead atoms. The average molecular weight is 246 g/mol. The number of hydrogen-bond donors (Lipinski definition) is 1. The highest BCUT2D eigenvalue weighted by Crippen LogP contribution is 2.13. The van der Waals surface area contributed by atoms with E-state index in [1.54, 1.807) is 11.3 Å². The predicted octanol–water partition coefficient (Wildman–Crippen LogP) is 3.42. The third-order valence-electron chi connectivity index (χ3n) is 2.81. The van der Waals surface area contributed by atoms with E-state index in [0.29, 0.717) is 12.1 Å². The van der Waals surface area contributed by atoms with Crippen LogP contribution in [0, 0.1) is 0 Å². The van der Waals surface area contributed by atoms with Crippen LogP contribution in [-0.2, 0) is 6.42 Å². The van der Waals surface area contributed by atoms with Gasteiger partial charge in [0.2, 0.25) is 0 Å². The summed E-state index contributed by atoms with van der Waals surface area (Å²) in [6.07, 6.45) is 1.05. The van der Waals surface area contributed by atoms with Crippen LogP contribution in [0.25, 0.3) is 0 Å². The number of rotatable bonds is 5. The number of hydrogen-bond acceptors (Lipinski definition) is 3. The smallest absolute Gasteiger partial charge is 0.0795 e. The van der Waals surface area contributed by atoms with Crippen LogP contribution in [0.2, 0.25) is 0 Å². The molecule has 0 saturated heterocycles. The topological polar surface area (TPSA) is 24.9 Å². The lowest BCUT2D eigenvalue weighted by atomic mass is 10.1. The van der Waals surface area contributed by atoms with Gasteiger partial charge in [0, 0.05) is 17.5 Å². The zero-order valence-electron chi connectivity index (χ0n) is 10.3. The van der Waals surface area contributed by atoms with E-state index < -0.39 is 0 Å². The van der Waals surface area contributed by atoms with Crippen molar-refractivity contribution in [3.8, 4) is 0 Å². The first-order valence-electron chi connectivity index (χ1n) is 5.94. The van der Waals surface area contributed by atoms with Gasteiger partial charge in [-0.3, -0.25) is 0 Å². The maximum absolute atomic E-state index is 4.33. The molecule has 1 aromatic heterocycles. The minimum Gasteiger partial charge on any atom is -0.306 e. The molecule has 0 aliphatic rings. The molecule has 17 heavy (non-hydrogen) atoms. The molecule has 2 aromatic rings. The van der Waals surface area contributed by atoms with Gasteiger partial charge in [-0.15, -0.1) is 11.3 Å². The van der Waals surface area contributed by atoms with E-state index in [1.807, 2.05) is 5.51 Å². The molecule has 0 amide bonds. The summed E-state index contributed by atoms with van der Waals surface area (Å²) in [5.74, 6) is 0. The Hall–Kier alpha value is -1.19. The van der Waals surface area contributed by atoms with E-state index in [2.05, 4.69) is 59.9 Å². The van der Waals surface area contributed by atoms with Crippen molar-refractivity contribution in [1.82, 2.24) is 10.3 Å². The van der Waals surface area contributed by atoms with Crippen molar-refractivity contribution >= 4 is 11.3 Å². The van der Waals surface area contributed by atoms with Gasteiger partial charge in [-0.05, 0) is 25.8 Å². The molecule has 0 radical (unpaired) electrons. The minimum absolute atomic E-state index is 0.319. The molecular weight excluding hydrogens is 228 g/mol. The summed E-state index contributed by atoms with van der Waals surface area (Å²) in [5, 5.41) is 5.68. The Morgan fingerprint density at radius 3 is 2.65 bits per heavy atom. The summed E-state index contributed by atoms with van der Waals surface area (Å²) in [5.41, 5.74) is 4.39. The minimum atomic E-state index is 0.319. The Bertz CT molecular complexity index is 425. The molecule has 1 N–H and O–H groups in total. The van der Waals surface area contributed by atoms with Gasteiger partial charge in [-0.1, -0.05) is 30.3 Å². The van der Waals surface area contributed by atoms with Crippen molar-refractivity contribution in [3.63, 3.8) is 0 Å². The van der Waals surface area contributed by atoms with E-state index in [9.17, 15) is 0 Å². The molecule has 2 unspecified atom stereocenters. The first-order chi connectivity index (χ1) is 8.25. The number of aromatic nitrogens is 1. The van der Waals surface area contributed by atoms with Crippen molar-refractivity contribution in [3.05, 3.63) is 52.5 Å². The van der Waals surface area contributed by atoms with Gasteiger partial charge in [0.1, 0.15) is 0 Å². The molecule has 0 spiro atoms. The van der Waals surface area contributed by atoms with Crippen molar-refractivity contribution in [2.45, 2.75) is 32.4 Å². The number of thiazole rings is 1. The highest BCUT2D eigenvalue weighted by Gasteiger charge is 2.11. The summed E-state index contributed by atoms with van der Waals surface area (Å²) < 4.78 is 0. The SMILES string of the molecule is CC(Cc1ccccc1)NC(C)c1cscn1. The first kappa shape index (κ1) is 12.3. The standard InChI is InChI=1S/C14H18N2S/c1-11(8-13-6-4-3-5-7-13)16-12(2)14-9-17-10-15-14/h3-7,9-12,16H,8H2,1-2H3. The average Bonchev–Trinajstić information content (AvgIpc) is 2.83. The summed E-state index contributed by atoms with van der Waals surface area (Å²) in [7, 11) is 0. The van der Waals surface area contributed by atoms with Crippen LogP contribution in [0.4, 0.5) is 0 Å². The molecule has 0 aliphatic heterocycles. The fourth-order valence-electron chi connectivity index (χ4n) is 1.97. The number of nitrogens with zero attached hydrogens (tertiary/aromatic N) is 1. The maximum Gasteiger partial charge on any atom is 0.0795 e. The van der Waals surface area contributed by atoms with Gasteiger partial charge < -0.3 is 5.32 Å². The maximum atomic E-state index is 4.33. The van der Waals surface area contributed by atoms with E-state index in [1.165, 1.54) is 5.56 Å². The zero-order chi connectivity index (χ0) is 12.1. The van der Waals surface area contributed by atoms with E-state index in [-0.39, 0.29) is 0 Å². The Morgan fingerprint density at radius 2 is 2.00 bits per heavy atom. The highest BCUT2D eigenvalue weighted by molar-refractivity contribution is 7.07. The van der Waals surface area contributed by atoms with Crippen LogP contribution in [0.15, 0.2) is 41.2 Å². The van der Waals surface area contributed by atoms with Crippen molar-refractivity contribution in [1.29, 1.82) is 0 Å². The second kappa shape index (κ2) is 5.94. The largest absolute Gasteiger partial charge is 0.306 e. The Kier molecular flexibility index (Phi) is 4.29. The van der Waals surface area contributed by atoms with Crippen LogP contribution in [0.3, 0.4) is 0 Å². The molecule has 1 heterocycles. The van der Waals surface area contributed by atoms with Gasteiger partial charge in [0.15, 0.2) is 0 Å². The van der Waals surface area contributed by atoms with Crippen LogP contribution in [-0.4, -0.2) is 11.0 Å². The Balaban J connectivity index is 1.87. The van der Waals surface area contributed by atoms with Crippen LogP contribution < -0.4 is 5.32 Å². The molecule has 90 valence electrons. The van der Waals surface area contributed by atoms with Crippen molar-refractivity contribution in [2.24, 2.45) is 0 Å². The third-order valence-corrected chi connectivity index (χ3v) is 3.42. The monoisotopic (exact) mass is 246 g/mol.